The van der Waals surface area contributed by atoms with Gasteiger partial charge < -0.3 is 10.6 Å². The molecule has 2 aliphatic carbocycles. The van der Waals surface area contributed by atoms with Crippen LogP contribution in [0.25, 0.3) is 17.3 Å². The van der Waals surface area contributed by atoms with Gasteiger partial charge in [-0.05, 0) is 43.0 Å². The first kappa shape index (κ1) is 20.0. The van der Waals surface area contributed by atoms with E-state index in [1.165, 1.54) is 17.2 Å². The van der Waals surface area contributed by atoms with Gasteiger partial charge in [-0.2, -0.15) is 5.10 Å². The molecule has 0 unspecified atom stereocenters. The predicted molar refractivity (Wildman–Crippen MR) is 117 cm³/mol. The zero-order valence-electron chi connectivity index (χ0n) is 17.6. The normalized spacial score (nSPS) is 14.7. The number of nitrogens with zero attached hydrogens (tertiary/aromatic N) is 4. The lowest BCUT2D eigenvalue weighted by Gasteiger charge is -2.12. The summed E-state index contributed by atoms with van der Waals surface area (Å²) in [5.74, 6) is 0.169. The van der Waals surface area contributed by atoms with Crippen molar-refractivity contribution in [1.29, 1.82) is 0 Å². The van der Waals surface area contributed by atoms with Crippen LogP contribution in [-0.2, 0) is 11.2 Å². The molecule has 0 aliphatic heterocycles. The lowest BCUT2D eigenvalue weighted by Crippen LogP contribution is -2.21. The molecule has 2 aromatic heterocycles. The van der Waals surface area contributed by atoms with Crippen molar-refractivity contribution in [3.63, 3.8) is 0 Å². The van der Waals surface area contributed by atoms with Crippen LogP contribution in [-0.4, -0.2) is 38.6 Å². The summed E-state index contributed by atoms with van der Waals surface area (Å²) in [6.07, 6.45) is 6.79. The maximum atomic E-state index is 15.5. The Hall–Kier alpha value is -3.88. The highest BCUT2D eigenvalue weighted by Gasteiger charge is 2.32. The largest absolute Gasteiger partial charge is 0.355 e. The average Bonchev–Trinajstić information content (AvgIpc) is 3.41. The standard InChI is InChI=1S/C23H21FN6O2/c1-12-27-11-30(29-12)19-5-3-4-15(20(19)24)14-8-16-17(9-14)21(28-22(31)13-6-7-13)26-10-18(16)23(32)25-2/h3-5,8,10-11,13H,6-7,9H2,1-2H3,(H,25,32)(H,26,28,31). The van der Waals surface area contributed by atoms with Crippen molar-refractivity contribution in [2.45, 2.75) is 26.2 Å². The van der Waals surface area contributed by atoms with E-state index in [0.717, 1.165) is 12.8 Å². The minimum Gasteiger partial charge on any atom is -0.355 e. The van der Waals surface area contributed by atoms with Gasteiger partial charge in [0.1, 0.15) is 23.7 Å². The second-order valence-corrected chi connectivity index (χ2v) is 7.98. The highest BCUT2D eigenvalue weighted by Crippen LogP contribution is 2.39. The van der Waals surface area contributed by atoms with Gasteiger partial charge >= 0.3 is 0 Å². The summed E-state index contributed by atoms with van der Waals surface area (Å²) in [7, 11) is 1.54. The van der Waals surface area contributed by atoms with E-state index in [-0.39, 0.29) is 23.4 Å². The topological polar surface area (TPSA) is 102 Å². The highest BCUT2D eigenvalue weighted by atomic mass is 19.1. The zero-order valence-corrected chi connectivity index (χ0v) is 17.6. The minimum atomic E-state index is -0.436. The fraction of sp³-hybridized carbons (Fsp3) is 0.261. The zero-order chi connectivity index (χ0) is 22.4. The monoisotopic (exact) mass is 432 g/mol. The van der Waals surface area contributed by atoms with Crippen LogP contribution in [0.4, 0.5) is 10.2 Å². The van der Waals surface area contributed by atoms with E-state index < -0.39 is 5.82 Å². The minimum absolute atomic E-state index is 0.0140. The van der Waals surface area contributed by atoms with Crippen LogP contribution in [0.5, 0.6) is 0 Å². The molecule has 1 aromatic carbocycles. The van der Waals surface area contributed by atoms with Crippen LogP contribution in [0, 0.1) is 18.7 Å². The van der Waals surface area contributed by atoms with E-state index in [2.05, 4.69) is 25.7 Å². The summed E-state index contributed by atoms with van der Waals surface area (Å²) in [5.41, 5.74) is 3.10. The average molecular weight is 432 g/mol. The van der Waals surface area contributed by atoms with Crippen molar-refractivity contribution in [3.05, 3.63) is 64.6 Å². The summed E-state index contributed by atoms with van der Waals surface area (Å²) in [6.45, 7) is 1.74. The van der Waals surface area contributed by atoms with E-state index >= 15 is 4.39 Å². The maximum absolute atomic E-state index is 15.5. The van der Waals surface area contributed by atoms with Crippen molar-refractivity contribution in [2.24, 2.45) is 5.92 Å². The Morgan fingerprint density at radius 3 is 2.72 bits per heavy atom. The molecule has 2 amide bonds. The van der Waals surface area contributed by atoms with Gasteiger partial charge in [0.05, 0.1) is 5.56 Å². The Labute approximate surface area is 183 Å². The number of nitrogens with one attached hydrogen (secondary N) is 2. The van der Waals surface area contributed by atoms with Gasteiger partial charge in [0.15, 0.2) is 5.82 Å². The van der Waals surface area contributed by atoms with Crippen LogP contribution in [0.1, 0.15) is 45.7 Å². The Bertz CT molecular complexity index is 1290. The Kier molecular flexibility index (Phi) is 4.80. The SMILES string of the molecule is CNC(=O)c1cnc(NC(=O)C2CC2)c2c1C=C(c1cccc(-n3cnc(C)n3)c1F)C2. The summed E-state index contributed by atoms with van der Waals surface area (Å²) in [6, 6.07) is 5.08. The summed E-state index contributed by atoms with van der Waals surface area (Å²) in [5, 5.41) is 9.70. The third-order valence-corrected chi connectivity index (χ3v) is 5.75. The molecule has 32 heavy (non-hydrogen) atoms. The molecule has 2 heterocycles. The molecule has 1 saturated carbocycles. The number of benzene rings is 1. The molecule has 1 fully saturated rings. The molecule has 5 rings (SSSR count). The number of pyridine rings is 1. The van der Waals surface area contributed by atoms with E-state index in [9.17, 15) is 9.59 Å². The van der Waals surface area contributed by atoms with Crippen LogP contribution in [0.3, 0.4) is 0 Å². The fourth-order valence-corrected chi connectivity index (χ4v) is 3.89. The van der Waals surface area contributed by atoms with E-state index in [0.29, 0.717) is 45.9 Å². The first-order valence-corrected chi connectivity index (χ1v) is 10.4. The third-order valence-electron chi connectivity index (χ3n) is 5.75. The van der Waals surface area contributed by atoms with Gasteiger partial charge in [-0.3, -0.25) is 9.59 Å². The van der Waals surface area contributed by atoms with Crippen molar-refractivity contribution in [1.82, 2.24) is 25.1 Å². The van der Waals surface area contributed by atoms with Crippen LogP contribution >= 0.6 is 0 Å². The summed E-state index contributed by atoms with van der Waals surface area (Å²) < 4.78 is 16.9. The smallest absolute Gasteiger partial charge is 0.253 e. The summed E-state index contributed by atoms with van der Waals surface area (Å²) in [4.78, 5) is 33.2. The van der Waals surface area contributed by atoms with Gasteiger partial charge in [0, 0.05) is 36.7 Å². The molecule has 162 valence electrons. The number of fused-ring (bicyclic) bond motifs is 1. The van der Waals surface area contributed by atoms with Gasteiger partial charge in [0.25, 0.3) is 5.91 Å². The molecule has 0 bridgehead atoms. The Balaban J connectivity index is 1.56. The van der Waals surface area contributed by atoms with E-state index in [1.54, 1.807) is 38.2 Å². The molecule has 2 N–H and O–H groups in total. The lowest BCUT2D eigenvalue weighted by molar-refractivity contribution is -0.117. The molecule has 2 aliphatic rings. The van der Waals surface area contributed by atoms with Crippen LogP contribution < -0.4 is 10.6 Å². The highest BCUT2D eigenvalue weighted by molar-refractivity contribution is 6.04. The maximum Gasteiger partial charge on any atom is 0.253 e. The Morgan fingerprint density at radius 1 is 1.22 bits per heavy atom. The van der Waals surface area contributed by atoms with Crippen molar-refractivity contribution < 1.29 is 14.0 Å². The molecular formula is C23H21FN6O2. The number of carbonyl (C=O) groups is 2. The van der Waals surface area contributed by atoms with Crippen LogP contribution in [0.15, 0.2) is 30.7 Å². The third kappa shape index (κ3) is 3.45. The number of hydrogen-bond donors (Lipinski definition) is 2. The predicted octanol–water partition coefficient (Wildman–Crippen LogP) is 2.91. The molecule has 0 atom stereocenters. The number of rotatable bonds is 5. The summed E-state index contributed by atoms with van der Waals surface area (Å²) >= 11 is 0. The molecule has 0 radical (unpaired) electrons. The molecular weight excluding hydrogens is 411 g/mol. The van der Waals surface area contributed by atoms with Gasteiger partial charge in [-0.1, -0.05) is 12.1 Å². The number of anilines is 1. The van der Waals surface area contributed by atoms with Gasteiger partial charge in [0.2, 0.25) is 5.91 Å². The Morgan fingerprint density at radius 2 is 2.03 bits per heavy atom. The van der Waals surface area contributed by atoms with Gasteiger partial charge in [-0.25, -0.2) is 19.0 Å². The lowest BCUT2D eigenvalue weighted by atomic mass is 10.0. The van der Waals surface area contributed by atoms with Gasteiger partial charge in [-0.15, -0.1) is 0 Å². The quantitative estimate of drug-likeness (QED) is 0.646. The van der Waals surface area contributed by atoms with Crippen LogP contribution in [0.2, 0.25) is 0 Å². The van der Waals surface area contributed by atoms with E-state index in [4.69, 9.17) is 0 Å². The number of allylic oxidation sites excluding steroid dienone is 1. The fourth-order valence-electron chi connectivity index (χ4n) is 3.89. The second kappa shape index (κ2) is 7.67. The number of aryl methyl sites for hydroxylation is 1. The molecule has 3 aromatic rings. The number of halogens is 1. The van der Waals surface area contributed by atoms with Crippen molar-refractivity contribution >= 4 is 29.3 Å². The second-order valence-electron chi connectivity index (χ2n) is 7.98. The number of carbonyl (C=O) groups excluding carboxylic acids is 2. The molecule has 8 nitrogen and oxygen atoms in total. The van der Waals surface area contributed by atoms with Crippen molar-refractivity contribution in [2.75, 3.05) is 12.4 Å². The first-order chi connectivity index (χ1) is 15.5. The number of hydrogen-bond acceptors (Lipinski definition) is 5. The first-order valence-electron chi connectivity index (χ1n) is 10.4. The number of aromatic nitrogens is 4. The molecule has 9 heteroatoms. The van der Waals surface area contributed by atoms with Crippen molar-refractivity contribution in [3.8, 4) is 5.69 Å². The molecule has 0 saturated heterocycles. The number of amides is 2. The van der Waals surface area contributed by atoms with E-state index in [1.807, 2.05) is 0 Å². The molecule has 0 spiro atoms.